The molecule has 0 fully saturated rings. The molecule has 10 nitrogen and oxygen atoms in total. The van der Waals surface area contributed by atoms with E-state index in [1.807, 2.05) is 44.4 Å². The lowest BCUT2D eigenvalue weighted by Crippen LogP contribution is -2.25. The zero-order chi connectivity index (χ0) is 32.2. The summed E-state index contributed by atoms with van der Waals surface area (Å²) in [7, 11) is 8.19. The minimum absolute atomic E-state index is 0.0853. The zero-order valence-corrected chi connectivity index (χ0v) is 27.2. The number of nitrogens with one attached hydrogen (secondary N) is 4. The highest BCUT2D eigenvalue weighted by molar-refractivity contribution is 6.31. The molecule has 0 saturated heterocycles. The third-order valence-corrected chi connectivity index (χ3v) is 7.30. The van der Waals surface area contributed by atoms with E-state index < -0.39 is 0 Å². The van der Waals surface area contributed by atoms with Crippen LogP contribution in [0.1, 0.15) is 29.6 Å². The van der Waals surface area contributed by atoms with Gasteiger partial charge < -0.3 is 31.1 Å². The van der Waals surface area contributed by atoms with Gasteiger partial charge in [-0.05, 0) is 115 Å². The van der Waals surface area contributed by atoms with Gasteiger partial charge in [-0.3, -0.25) is 9.59 Å². The smallest absolute Gasteiger partial charge is 0.255 e. The summed E-state index contributed by atoms with van der Waals surface area (Å²) in [6.45, 7) is 4.19. The van der Waals surface area contributed by atoms with Gasteiger partial charge in [0.05, 0.1) is 11.2 Å². The van der Waals surface area contributed by atoms with Gasteiger partial charge in [-0.1, -0.05) is 23.7 Å². The Morgan fingerprint density at radius 3 is 2.24 bits per heavy atom. The first kappa shape index (κ1) is 33.8. The minimum Gasteiger partial charge on any atom is -0.369 e. The van der Waals surface area contributed by atoms with Gasteiger partial charge in [0.25, 0.3) is 5.91 Å². The van der Waals surface area contributed by atoms with Crippen LogP contribution in [-0.4, -0.2) is 92.5 Å². The second kappa shape index (κ2) is 16.8. The number of nitrogens with zero attached hydrogens (tertiary/aromatic N) is 4. The number of halogens is 1. The number of amides is 2. The zero-order valence-electron chi connectivity index (χ0n) is 26.5. The van der Waals surface area contributed by atoms with Crippen LogP contribution in [0, 0.1) is 0 Å². The van der Waals surface area contributed by atoms with Crippen molar-refractivity contribution in [1.29, 1.82) is 0 Å². The molecule has 4 rings (SSSR count). The van der Waals surface area contributed by atoms with Gasteiger partial charge in [0.15, 0.2) is 5.82 Å². The first-order valence-corrected chi connectivity index (χ1v) is 15.6. The Labute approximate surface area is 270 Å². The van der Waals surface area contributed by atoms with Gasteiger partial charge in [-0.25, -0.2) is 9.97 Å². The summed E-state index contributed by atoms with van der Waals surface area (Å²) >= 11 is 6.36. The van der Waals surface area contributed by atoms with E-state index in [2.05, 4.69) is 45.2 Å². The van der Waals surface area contributed by atoms with Gasteiger partial charge in [-0.15, -0.1) is 0 Å². The molecule has 238 valence electrons. The molecular weight excluding hydrogens is 588 g/mol. The van der Waals surface area contributed by atoms with Crippen LogP contribution in [0.2, 0.25) is 5.02 Å². The Balaban J connectivity index is 1.43. The van der Waals surface area contributed by atoms with Gasteiger partial charge in [-0.2, -0.15) is 0 Å². The van der Waals surface area contributed by atoms with Crippen LogP contribution >= 0.6 is 11.6 Å². The fourth-order valence-corrected chi connectivity index (χ4v) is 4.89. The van der Waals surface area contributed by atoms with Crippen molar-refractivity contribution in [2.24, 2.45) is 0 Å². The van der Waals surface area contributed by atoms with Crippen molar-refractivity contribution in [1.82, 2.24) is 25.1 Å². The molecule has 0 spiro atoms. The number of carbonyl (C=O) groups is 2. The van der Waals surface area contributed by atoms with Gasteiger partial charge in [0, 0.05) is 46.7 Å². The predicted molar refractivity (Wildman–Crippen MR) is 185 cm³/mol. The highest BCUT2D eigenvalue weighted by Gasteiger charge is 2.16. The minimum atomic E-state index is -0.318. The maximum Gasteiger partial charge on any atom is 0.255 e. The molecule has 0 aliphatic heterocycles. The van der Waals surface area contributed by atoms with Crippen LogP contribution in [0.15, 0.2) is 66.7 Å². The molecule has 3 aromatic carbocycles. The third kappa shape index (κ3) is 10.5. The van der Waals surface area contributed by atoms with Crippen LogP contribution in [0.5, 0.6) is 0 Å². The van der Waals surface area contributed by atoms with Crippen LogP contribution in [0.4, 0.5) is 17.2 Å². The maximum atomic E-state index is 13.3. The van der Waals surface area contributed by atoms with E-state index in [0.717, 1.165) is 55.7 Å². The summed E-state index contributed by atoms with van der Waals surface area (Å²) in [5.41, 5.74) is 3.00. The molecular formula is C34H43ClN8O2. The highest BCUT2D eigenvalue weighted by Crippen LogP contribution is 2.32. The van der Waals surface area contributed by atoms with Crippen molar-refractivity contribution in [3.05, 3.63) is 77.3 Å². The Morgan fingerprint density at radius 2 is 1.51 bits per heavy atom. The SMILES string of the molecule is CN(C)CCCNCCC(=O)Nc1ccc(C(=O)Nc2cc(Cl)ccc2-c2nc(NCCCN(C)C)c3ccccc3n2)cc1. The Bertz CT molecular complexity index is 1580. The van der Waals surface area contributed by atoms with Crippen molar-refractivity contribution in [3.63, 3.8) is 0 Å². The molecule has 0 unspecified atom stereocenters. The molecule has 0 atom stereocenters. The average Bonchev–Trinajstić information content (AvgIpc) is 3.01. The van der Waals surface area contributed by atoms with Crippen molar-refractivity contribution in [2.75, 3.05) is 76.9 Å². The van der Waals surface area contributed by atoms with Gasteiger partial charge in [0.1, 0.15) is 5.82 Å². The van der Waals surface area contributed by atoms with E-state index in [1.54, 1.807) is 36.4 Å². The third-order valence-electron chi connectivity index (χ3n) is 7.07. The second-order valence-corrected chi connectivity index (χ2v) is 11.9. The Hall–Kier alpha value is -4.09. The number of aromatic nitrogens is 2. The molecule has 1 heterocycles. The summed E-state index contributed by atoms with van der Waals surface area (Å²) in [6, 6.07) is 19.9. The standard InChI is InChI=1S/C34H43ClN8O2/c1-42(2)21-7-18-36-20-17-31(44)38-26-14-11-24(12-15-26)34(45)40-30-23-25(35)13-16-28(30)33-39-29-10-6-5-9-27(29)32(41-33)37-19-8-22-43(3)4/h5-6,9-16,23,36H,7-8,17-22H2,1-4H3,(H,38,44)(H,40,45)(H,37,39,41). The first-order chi connectivity index (χ1) is 21.7. The molecule has 0 radical (unpaired) electrons. The Kier molecular flexibility index (Phi) is 12.6. The number of fused-ring (bicyclic) bond motifs is 1. The first-order valence-electron chi connectivity index (χ1n) is 15.2. The number of anilines is 3. The van der Waals surface area contributed by atoms with Gasteiger partial charge in [0.2, 0.25) is 5.91 Å². The lowest BCUT2D eigenvalue weighted by molar-refractivity contribution is -0.116. The Morgan fingerprint density at radius 1 is 0.800 bits per heavy atom. The van der Waals surface area contributed by atoms with E-state index in [9.17, 15) is 9.59 Å². The molecule has 0 aliphatic carbocycles. The van der Waals surface area contributed by atoms with Crippen LogP contribution in [0.3, 0.4) is 0 Å². The molecule has 4 aromatic rings. The topological polar surface area (TPSA) is 115 Å². The maximum absolute atomic E-state index is 13.3. The molecule has 0 aliphatic rings. The largest absolute Gasteiger partial charge is 0.369 e. The molecule has 11 heteroatoms. The van der Waals surface area contributed by atoms with Crippen molar-refractivity contribution >= 4 is 51.5 Å². The molecule has 0 saturated carbocycles. The van der Waals surface area contributed by atoms with Crippen LogP contribution < -0.4 is 21.3 Å². The van der Waals surface area contributed by atoms with Crippen LogP contribution in [-0.2, 0) is 4.79 Å². The number of carbonyl (C=O) groups excluding carboxylic acids is 2. The fourth-order valence-electron chi connectivity index (χ4n) is 4.72. The molecule has 1 aromatic heterocycles. The summed E-state index contributed by atoms with van der Waals surface area (Å²) in [5.74, 6) is 0.805. The normalized spacial score (nSPS) is 11.3. The molecule has 4 N–H and O–H groups in total. The quantitative estimate of drug-likeness (QED) is 0.121. The summed E-state index contributed by atoms with van der Waals surface area (Å²) in [4.78, 5) is 39.6. The summed E-state index contributed by atoms with van der Waals surface area (Å²) in [5, 5.41) is 14.0. The molecule has 45 heavy (non-hydrogen) atoms. The number of para-hydroxylation sites is 1. The summed E-state index contributed by atoms with van der Waals surface area (Å²) in [6.07, 6.45) is 2.35. The highest BCUT2D eigenvalue weighted by atomic mass is 35.5. The van der Waals surface area contributed by atoms with Crippen molar-refractivity contribution in [2.45, 2.75) is 19.3 Å². The second-order valence-electron chi connectivity index (χ2n) is 11.4. The average molecular weight is 631 g/mol. The lowest BCUT2D eigenvalue weighted by atomic mass is 10.1. The monoisotopic (exact) mass is 630 g/mol. The van der Waals surface area contributed by atoms with E-state index in [4.69, 9.17) is 21.6 Å². The van der Waals surface area contributed by atoms with Crippen LogP contribution in [0.25, 0.3) is 22.3 Å². The van der Waals surface area contributed by atoms with E-state index >= 15 is 0 Å². The fraction of sp³-hybridized carbons (Fsp3) is 0.353. The number of rotatable bonds is 16. The van der Waals surface area contributed by atoms with Crippen molar-refractivity contribution < 1.29 is 9.59 Å². The summed E-state index contributed by atoms with van der Waals surface area (Å²) < 4.78 is 0. The predicted octanol–water partition coefficient (Wildman–Crippen LogP) is 5.44. The van der Waals surface area contributed by atoms with E-state index in [1.165, 1.54) is 0 Å². The van der Waals surface area contributed by atoms with E-state index in [0.29, 0.717) is 46.3 Å². The van der Waals surface area contributed by atoms with Gasteiger partial charge >= 0.3 is 0 Å². The molecule has 0 bridgehead atoms. The van der Waals surface area contributed by atoms with Crippen molar-refractivity contribution in [3.8, 4) is 11.4 Å². The number of hydrogen-bond acceptors (Lipinski definition) is 8. The lowest BCUT2D eigenvalue weighted by Gasteiger charge is -2.15. The molecule has 2 amide bonds. The number of hydrogen-bond donors (Lipinski definition) is 4. The number of benzene rings is 3. The van der Waals surface area contributed by atoms with E-state index in [-0.39, 0.29) is 11.8 Å².